The Morgan fingerprint density at radius 1 is 0.971 bits per heavy atom. The van der Waals surface area contributed by atoms with Crippen molar-refractivity contribution in [1.82, 2.24) is 19.7 Å². The maximum absolute atomic E-state index is 13.8. The van der Waals surface area contributed by atoms with Crippen LogP contribution < -0.4 is 0 Å². The first-order chi connectivity index (χ1) is 17.0. The van der Waals surface area contributed by atoms with Gasteiger partial charge in [0.1, 0.15) is 6.04 Å². The molecule has 0 spiro atoms. The number of fused-ring (bicyclic) bond motifs is 1. The number of carbonyl (C=O) groups excluding carboxylic acids is 2. The fraction of sp³-hybridized carbons (Fsp3) is 0.643. The number of piperidine rings is 2. The number of aromatic amines is 1. The van der Waals surface area contributed by atoms with Crippen molar-refractivity contribution < 1.29 is 14.3 Å². The van der Waals surface area contributed by atoms with Crippen molar-refractivity contribution in [1.29, 1.82) is 0 Å². The number of hydrogen-bond donors (Lipinski definition) is 1. The summed E-state index contributed by atoms with van der Waals surface area (Å²) in [6.45, 7) is 7.19. The lowest BCUT2D eigenvalue weighted by molar-refractivity contribution is -0.138. The molecule has 2 aromatic rings. The molecule has 1 aromatic carbocycles. The Balaban J connectivity index is 1.28. The van der Waals surface area contributed by atoms with Gasteiger partial charge >= 0.3 is 0 Å². The zero-order chi connectivity index (χ0) is 24.4. The molecular formula is C28H40N4O3. The lowest BCUT2D eigenvalue weighted by Gasteiger charge is -2.42. The van der Waals surface area contributed by atoms with Crippen LogP contribution in [0.15, 0.2) is 30.5 Å². The lowest BCUT2D eigenvalue weighted by atomic mass is 9.79. The fourth-order valence-electron chi connectivity index (χ4n) is 6.43. The van der Waals surface area contributed by atoms with Crippen LogP contribution in [0, 0.1) is 11.8 Å². The first-order valence-corrected chi connectivity index (χ1v) is 13.5. The number of likely N-dealkylation sites (tertiary alicyclic amines) is 2. The molecule has 190 valence electrons. The van der Waals surface area contributed by atoms with Gasteiger partial charge in [-0.25, -0.2) is 0 Å². The standard InChI is InChI=1S/C28H40N4O3/c1-20(27(33)31-15-8-22(9-16-31)21-6-13-30(2)14-7-21)32(25-10-17-35-18-11-25)28(34)24-4-3-23-5-12-29-26(23)19-24/h3-5,12,19-22,25,29H,6-11,13-18H2,1-2H3/t20-/m0/s1. The molecule has 3 aliphatic heterocycles. The van der Waals surface area contributed by atoms with Gasteiger partial charge in [-0.15, -0.1) is 0 Å². The zero-order valence-corrected chi connectivity index (χ0v) is 21.2. The van der Waals surface area contributed by atoms with E-state index < -0.39 is 6.04 Å². The van der Waals surface area contributed by atoms with Crippen molar-refractivity contribution in [2.45, 2.75) is 57.5 Å². The molecule has 1 atom stereocenters. The zero-order valence-electron chi connectivity index (χ0n) is 21.2. The van der Waals surface area contributed by atoms with Gasteiger partial charge in [0.15, 0.2) is 0 Å². The Labute approximate surface area is 208 Å². The van der Waals surface area contributed by atoms with Crippen molar-refractivity contribution in [3.05, 3.63) is 36.0 Å². The van der Waals surface area contributed by atoms with Crippen LogP contribution in [-0.2, 0) is 9.53 Å². The number of nitrogens with zero attached hydrogens (tertiary/aromatic N) is 3. The number of rotatable bonds is 5. The molecule has 0 saturated carbocycles. The molecule has 2 amide bonds. The monoisotopic (exact) mass is 480 g/mol. The summed E-state index contributed by atoms with van der Waals surface area (Å²) in [6.07, 6.45) is 8.16. The van der Waals surface area contributed by atoms with Gasteiger partial charge in [-0.3, -0.25) is 9.59 Å². The largest absolute Gasteiger partial charge is 0.381 e. The molecule has 1 N–H and O–H groups in total. The summed E-state index contributed by atoms with van der Waals surface area (Å²) in [5.41, 5.74) is 1.57. The first-order valence-electron chi connectivity index (χ1n) is 13.5. The number of hydrogen-bond acceptors (Lipinski definition) is 4. The highest BCUT2D eigenvalue weighted by Crippen LogP contribution is 2.33. The van der Waals surface area contributed by atoms with Crippen LogP contribution in [0.4, 0.5) is 0 Å². The maximum Gasteiger partial charge on any atom is 0.254 e. The minimum atomic E-state index is -0.482. The van der Waals surface area contributed by atoms with Gasteiger partial charge in [0, 0.05) is 49.6 Å². The van der Waals surface area contributed by atoms with E-state index in [1.54, 1.807) is 0 Å². The van der Waals surface area contributed by atoms with E-state index in [4.69, 9.17) is 4.74 Å². The molecule has 3 aliphatic rings. The Bertz CT molecular complexity index is 1010. The molecule has 1 aromatic heterocycles. The SMILES string of the molecule is C[C@@H](C(=O)N1CCC(C2CCN(C)CC2)CC1)N(C(=O)c1ccc2cc[nH]c2c1)C1CCOCC1. The third-order valence-corrected chi connectivity index (χ3v) is 8.68. The van der Waals surface area contributed by atoms with E-state index in [2.05, 4.69) is 16.9 Å². The fourth-order valence-corrected chi connectivity index (χ4v) is 6.43. The van der Waals surface area contributed by atoms with Crippen molar-refractivity contribution in [3.8, 4) is 0 Å². The minimum Gasteiger partial charge on any atom is -0.381 e. The average molecular weight is 481 g/mol. The molecule has 4 heterocycles. The van der Waals surface area contributed by atoms with Gasteiger partial charge < -0.3 is 24.4 Å². The molecular weight excluding hydrogens is 440 g/mol. The van der Waals surface area contributed by atoms with Crippen LogP contribution in [0.3, 0.4) is 0 Å². The predicted molar refractivity (Wildman–Crippen MR) is 137 cm³/mol. The first kappa shape index (κ1) is 24.3. The maximum atomic E-state index is 13.8. The van der Waals surface area contributed by atoms with Crippen LogP contribution in [0.2, 0.25) is 0 Å². The van der Waals surface area contributed by atoms with E-state index in [1.165, 1.54) is 25.9 Å². The number of ether oxygens (including phenoxy) is 1. The third kappa shape index (κ3) is 5.26. The lowest BCUT2D eigenvalue weighted by Crippen LogP contribution is -2.56. The second-order valence-corrected chi connectivity index (χ2v) is 10.8. The average Bonchev–Trinajstić information content (AvgIpc) is 3.37. The molecule has 7 heteroatoms. The van der Waals surface area contributed by atoms with Crippen molar-refractivity contribution in [3.63, 3.8) is 0 Å². The van der Waals surface area contributed by atoms with Gasteiger partial charge in [-0.1, -0.05) is 6.07 Å². The smallest absolute Gasteiger partial charge is 0.254 e. The minimum absolute atomic E-state index is 0.0197. The van der Waals surface area contributed by atoms with Crippen LogP contribution in [0.1, 0.15) is 55.8 Å². The highest BCUT2D eigenvalue weighted by molar-refractivity contribution is 6.00. The summed E-state index contributed by atoms with van der Waals surface area (Å²) in [5.74, 6) is 1.55. The van der Waals surface area contributed by atoms with E-state index in [9.17, 15) is 9.59 Å². The summed E-state index contributed by atoms with van der Waals surface area (Å²) < 4.78 is 5.57. The van der Waals surface area contributed by atoms with E-state index in [1.807, 2.05) is 47.2 Å². The van der Waals surface area contributed by atoms with Crippen molar-refractivity contribution >= 4 is 22.7 Å². The number of carbonyl (C=O) groups is 2. The highest BCUT2D eigenvalue weighted by Gasteiger charge is 2.37. The molecule has 3 saturated heterocycles. The second kappa shape index (κ2) is 10.7. The molecule has 0 bridgehead atoms. The van der Waals surface area contributed by atoms with E-state index in [-0.39, 0.29) is 17.9 Å². The number of aromatic nitrogens is 1. The molecule has 5 rings (SSSR count). The van der Waals surface area contributed by atoms with Crippen LogP contribution in [-0.4, -0.2) is 90.0 Å². The van der Waals surface area contributed by atoms with Crippen molar-refractivity contribution in [2.24, 2.45) is 11.8 Å². The van der Waals surface area contributed by atoms with Gasteiger partial charge in [-0.05, 0) is 101 Å². The normalized spacial score (nSPS) is 22.4. The Kier molecular flexibility index (Phi) is 7.44. The molecule has 7 nitrogen and oxygen atoms in total. The molecule has 3 fully saturated rings. The van der Waals surface area contributed by atoms with Gasteiger partial charge in [-0.2, -0.15) is 0 Å². The summed E-state index contributed by atoms with van der Waals surface area (Å²) in [5, 5.41) is 1.08. The van der Waals surface area contributed by atoms with Crippen LogP contribution in [0.5, 0.6) is 0 Å². The topological polar surface area (TPSA) is 68.9 Å². The number of nitrogens with one attached hydrogen (secondary N) is 1. The van der Waals surface area contributed by atoms with Crippen LogP contribution in [0.25, 0.3) is 10.9 Å². The number of benzene rings is 1. The highest BCUT2D eigenvalue weighted by atomic mass is 16.5. The molecule has 0 unspecified atom stereocenters. The molecule has 35 heavy (non-hydrogen) atoms. The summed E-state index contributed by atoms with van der Waals surface area (Å²) in [4.78, 5) is 37.0. The third-order valence-electron chi connectivity index (χ3n) is 8.68. The quantitative estimate of drug-likeness (QED) is 0.708. The number of amides is 2. The Morgan fingerprint density at radius 2 is 1.63 bits per heavy atom. The van der Waals surface area contributed by atoms with E-state index in [0.717, 1.165) is 61.5 Å². The predicted octanol–water partition coefficient (Wildman–Crippen LogP) is 3.76. The van der Waals surface area contributed by atoms with Crippen molar-refractivity contribution in [2.75, 3.05) is 46.4 Å². The molecule has 0 radical (unpaired) electrons. The summed E-state index contributed by atoms with van der Waals surface area (Å²) in [6, 6.07) is 7.31. The Hall–Kier alpha value is -2.38. The summed E-state index contributed by atoms with van der Waals surface area (Å²) in [7, 11) is 2.21. The van der Waals surface area contributed by atoms with Gasteiger partial charge in [0.2, 0.25) is 5.91 Å². The number of H-pyrrole nitrogens is 1. The molecule has 0 aliphatic carbocycles. The van der Waals surface area contributed by atoms with Gasteiger partial charge in [0.25, 0.3) is 5.91 Å². The van der Waals surface area contributed by atoms with Gasteiger partial charge in [0.05, 0.1) is 0 Å². The second-order valence-electron chi connectivity index (χ2n) is 10.8. The van der Waals surface area contributed by atoms with E-state index in [0.29, 0.717) is 18.8 Å². The summed E-state index contributed by atoms with van der Waals surface area (Å²) >= 11 is 0. The van der Waals surface area contributed by atoms with Crippen LogP contribution >= 0.6 is 0 Å². The van der Waals surface area contributed by atoms with E-state index >= 15 is 0 Å². The Morgan fingerprint density at radius 3 is 2.31 bits per heavy atom.